The first kappa shape index (κ1) is 18.3. The molecule has 8 nitrogen and oxygen atoms in total. The second-order valence-corrected chi connectivity index (χ2v) is 7.90. The predicted molar refractivity (Wildman–Crippen MR) is 111 cm³/mol. The van der Waals surface area contributed by atoms with E-state index < -0.39 is 0 Å². The molecule has 0 atom stereocenters. The third-order valence-corrected chi connectivity index (χ3v) is 6.00. The molecule has 2 aromatic heterocycles. The van der Waals surface area contributed by atoms with E-state index in [-0.39, 0.29) is 12.1 Å². The van der Waals surface area contributed by atoms with Crippen LogP contribution < -0.4 is 15.4 Å². The number of rotatable bonds is 4. The lowest BCUT2D eigenvalue weighted by Crippen LogP contribution is -2.23. The van der Waals surface area contributed by atoms with Gasteiger partial charge in [0, 0.05) is 12.7 Å². The molecular formula is C21H26N6O2. The quantitative estimate of drug-likeness (QED) is 0.626. The van der Waals surface area contributed by atoms with Crippen LogP contribution >= 0.6 is 0 Å². The highest BCUT2D eigenvalue weighted by Crippen LogP contribution is 2.33. The number of nitrogens with one attached hydrogen (secondary N) is 2. The minimum absolute atomic E-state index is 0.189. The van der Waals surface area contributed by atoms with Gasteiger partial charge in [-0.25, -0.2) is 9.67 Å². The lowest BCUT2D eigenvalue weighted by atomic mass is 9.93. The summed E-state index contributed by atoms with van der Waals surface area (Å²) in [6.45, 7) is 1.85. The molecule has 0 amide bonds. The van der Waals surface area contributed by atoms with Crippen molar-refractivity contribution in [2.45, 2.75) is 50.8 Å². The van der Waals surface area contributed by atoms with Crippen molar-refractivity contribution in [2.75, 3.05) is 19.0 Å². The highest BCUT2D eigenvalue weighted by molar-refractivity contribution is 5.76. The van der Waals surface area contributed by atoms with Crippen LogP contribution in [0, 0.1) is 0 Å². The lowest BCUT2D eigenvalue weighted by Gasteiger charge is -2.25. The molecule has 152 valence electrons. The molecule has 1 aliphatic heterocycles. The molecule has 0 saturated heterocycles. The first-order valence-electron chi connectivity index (χ1n) is 10.3. The molecule has 1 aromatic carbocycles. The molecule has 5 rings (SSSR count). The van der Waals surface area contributed by atoms with Crippen molar-refractivity contribution >= 4 is 22.7 Å². The number of hydrogen-bond donors (Lipinski definition) is 3. The van der Waals surface area contributed by atoms with Gasteiger partial charge < -0.3 is 20.5 Å². The van der Waals surface area contributed by atoms with E-state index in [0.29, 0.717) is 5.95 Å². The van der Waals surface area contributed by atoms with Crippen LogP contribution in [0.3, 0.4) is 0 Å². The first-order chi connectivity index (χ1) is 14.2. The molecule has 0 bridgehead atoms. The van der Waals surface area contributed by atoms with Crippen LogP contribution in [-0.2, 0) is 13.0 Å². The summed E-state index contributed by atoms with van der Waals surface area (Å²) in [5.74, 6) is 1.32. The Balaban J connectivity index is 1.46. The SMILES string of the molecule is COc1cc2c(cc1Nc1ncc3cnn(C4CCC(O)CC4)c3n1)CNCC2. The van der Waals surface area contributed by atoms with Gasteiger partial charge in [0.1, 0.15) is 5.75 Å². The Labute approximate surface area is 169 Å². The average molecular weight is 394 g/mol. The van der Waals surface area contributed by atoms with Crippen molar-refractivity contribution in [2.24, 2.45) is 0 Å². The van der Waals surface area contributed by atoms with Crippen molar-refractivity contribution < 1.29 is 9.84 Å². The minimum Gasteiger partial charge on any atom is -0.495 e. The normalized spacial score (nSPS) is 21.7. The zero-order valence-corrected chi connectivity index (χ0v) is 16.6. The number of fused-ring (bicyclic) bond motifs is 2. The van der Waals surface area contributed by atoms with Gasteiger partial charge in [-0.15, -0.1) is 0 Å². The van der Waals surface area contributed by atoms with Crippen molar-refractivity contribution in [1.82, 2.24) is 25.1 Å². The largest absolute Gasteiger partial charge is 0.495 e. The molecule has 1 aliphatic carbocycles. The zero-order valence-electron chi connectivity index (χ0n) is 16.6. The molecule has 3 N–H and O–H groups in total. The number of benzene rings is 1. The zero-order chi connectivity index (χ0) is 19.8. The van der Waals surface area contributed by atoms with E-state index in [1.54, 1.807) is 13.3 Å². The molecule has 3 heterocycles. The standard InChI is InChI=1S/C21H26N6O2/c1-29-19-9-13-6-7-22-10-14(13)8-18(19)25-21-23-11-15-12-24-27(20(15)26-21)16-2-4-17(28)5-3-16/h8-9,11-12,16-17,22,28H,2-7,10H2,1H3,(H,23,25,26). The predicted octanol–water partition coefficient (Wildman–Crippen LogP) is 2.70. The van der Waals surface area contributed by atoms with Crippen LogP contribution in [0.2, 0.25) is 0 Å². The van der Waals surface area contributed by atoms with E-state index in [0.717, 1.165) is 67.7 Å². The van der Waals surface area contributed by atoms with E-state index in [1.165, 1.54) is 11.1 Å². The minimum atomic E-state index is -0.189. The number of aliphatic hydroxyl groups is 1. The molecule has 8 heteroatoms. The third-order valence-electron chi connectivity index (χ3n) is 6.00. The van der Waals surface area contributed by atoms with Gasteiger partial charge in [0.15, 0.2) is 5.65 Å². The maximum atomic E-state index is 9.80. The Morgan fingerprint density at radius 3 is 2.86 bits per heavy atom. The van der Waals surface area contributed by atoms with Crippen LogP contribution in [0.15, 0.2) is 24.5 Å². The summed E-state index contributed by atoms with van der Waals surface area (Å²) in [7, 11) is 1.69. The fraction of sp³-hybridized carbons (Fsp3) is 0.476. The third kappa shape index (κ3) is 3.54. The summed E-state index contributed by atoms with van der Waals surface area (Å²) in [6, 6.07) is 4.49. The van der Waals surface area contributed by atoms with Crippen molar-refractivity contribution in [1.29, 1.82) is 0 Å². The van der Waals surface area contributed by atoms with Crippen LogP contribution in [0.5, 0.6) is 5.75 Å². The van der Waals surface area contributed by atoms with Crippen LogP contribution in [0.4, 0.5) is 11.6 Å². The molecule has 0 radical (unpaired) electrons. The second kappa shape index (κ2) is 7.61. The van der Waals surface area contributed by atoms with E-state index in [2.05, 4.69) is 32.8 Å². The topological polar surface area (TPSA) is 97.1 Å². The van der Waals surface area contributed by atoms with Gasteiger partial charge in [0.2, 0.25) is 5.95 Å². The maximum Gasteiger partial charge on any atom is 0.229 e. The summed E-state index contributed by atoms with van der Waals surface area (Å²) in [4.78, 5) is 9.23. The van der Waals surface area contributed by atoms with E-state index in [9.17, 15) is 5.11 Å². The number of anilines is 2. The number of nitrogens with zero attached hydrogens (tertiary/aromatic N) is 4. The van der Waals surface area contributed by atoms with Gasteiger partial charge in [-0.05, 0) is 61.9 Å². The van der Waals surface area contributed by atoms with Crippen LogP contribution in [0.1, 0.15) is 42.9 Å². The molecule has 1 fully saturated rings. The van der Waals surface area contributed by atoms with Gasteiger partial charge in [0.05, 0.1) is 36.5 Å². The summed E-state index contributed by atoms with van der Waals surface area (Å²) in [5.41, 5.74) is 4.27. The Hall–Kier alpha value is -2.71. The fourth-order valence-electron chi connectivity index (χ4n) is 4.36. The van der Waals surface area contributed by atoms with Gasteiger partial charge in [0.25, 0.3) is 0 Å². The Bertz CT molecular complexity index is 1030. The molecule has 0 spiro atoms. The van der Waals surface area contributed by atoms with Gasteiger partial charge in [-0.1, -0.05) is 0 Å². The number of ether oxygens (including phenoxy) is 1. The van der Waals surface area contributed by atoms with Gasteiger partial charge in [-0.3, -0.25) is 0 Å². The summed E-state index contributed by atoms with van der Waals surface area (Å²) >= 11 is 0. The number of aliphatic hydroxyl groups excluding tert-OH is 1. The van der Waals surface area contributed by atoms with E-state index >= 15 is 0 Å². The summed E-state index contributed by atoms with van der Waals surface area (Å²) in [6.07, 6.45) is 7.88. The Morgan fingerprint density at radius 1 is 1.17 bits per heavy atom. The molecule has 1 saturated carbocycles. The second-order valence-electron chi connectivity index (χ2n) is 7.90. The summed E-state index contributed by atoms with van der Waals surface area (Å²) < 4.78 is 7.59. The number of methoxy groups -OCH3 is 1. The van der Waals surface area contributed by atoms with Crippen LogP contribution in [0.25, 0.3) is 11.0 Å². The van der Waals surface area contributed by atoms with Crippen molar-refractivity contribution in [3.63, 3.8) is 0 Å². The smallest absolute Gasteiger partial charge is 0.229 e. The number of hydrogen-bond acceptors (Lipinski definition) is 7. The average Bonchev–Trinajstić information content (AvgIpc) is 3.17. The molecule has 29 heavy (non-hydrogen) atoms. The Kier molecular flexibility index (Phi) is 4.81. The highest BCUT2D eigenvalue weighted by Gasteiger charge is 2.23. The van der Waals surface area contributed by atoms with E-state index in [4.69, 9.17) is 9.72 Å². The molecular weight excluding hydrogens is 368 g/mol. The maximum absolute atomic E-state index is 9.80. The fourth-order valence-corrected chi connectivity index (χ4v) is 4.36. The monoisotopic (exact) mass is 394 g/mol. The highest BCUT2D eigenvalue weighted by atomic mass is 16.5. The van der Waals surface area contributed by atoms with Crippen LogP contribution in [-0.4, -0.2) is 44.6 Å². The van der Waals surface area contributed by atoms with Crippen molar-refractivity contribution in [3.8, 4) is 5.75 Å². The molecule has 0 unspecified atom stereocenters. The van der Waals surface area contributed by atoms with Crippen molar-refractivity contribution in [3.05, 3.63) is 35.7 Å². The number of aromatic nitrogens is 4. The van der Waals surface area contributed by atoms with E-state index in [1.807, 2.05) is 10.9 Å². The van der Waals surface area contributed by atoms with Gasteiger partial charge in [-0.2, -0.15) is 10.1 Å². The molecule has 3 aromatic rings. The first-order valence-corrected chi connectivity index (χ1v) is 10.3. The summed E-state index contributed by atoms with van der Waals surface area (Å²) in [5, 5.41) is 22.0. The van der Waals surface area contributed by atoms with Gasteiger partial charge >= 0.3 is 0 Å². The lowest BCUT2D eigenvalue weighted by molar-refractivity contribution is 0.109. The Morgan fingerprint density at radius 2 is 2.03 bits per heavy atom. The molecule has 2 aliphatic rings.